The Hall–Kier alpha value is -0.860. The molecule has 2 saturated heterocycles. The third-order valence-electron chi connectivity index (χ3n) is 4.69. The molecule has 0 bridgehead atoms. The third kappa shape index (κ3) is 7.99. The Morgan fingerprint density at radius 1 is 0.826 bits per heavy atom. The van der Waals surface area contributed by atoms with Gasteiger partial charge in [0, 0.05) is 6.42 Å². The molecule has 2 aliphatic heterocycles. The highest BCUT2D eigenvalue weighted by Gasteiger charge is 2.47. The Morgan fingerprint density at radius 2 is 1.61 bits per heavy atom. The molecule has 2 rings (SSSR count). The molecular weight excluding hydrogens is 284 g/mol. The van der Waals surface area contributed by atoms with E-state index in [0.29, 0.717) is 24.4 Å². The molecule has 2 aliphatic rings. The summed E-state index contributed by atoms with van der Waals surface area (Å²) in [6.45, 7) is 5.98. The monoisotopic (exact) mass is 318 g/mol. The molecule has 2 heteroatoms. The van der Waals surface area contributed by atoms with Crippen LogP contribution in [0.25, 0.3) is 0 Å². The fraction of sp³-hybridized carbons (Fsp3) is 0.714. The lowest BCUT2D eigenvalue weighted by Gasteiger charge is -1.94. The molecule has 0 aliphatic carbocycles. The molecule has 0 saturated carbocycles. The second kappa shape index (κ2) is 10.8. The minimum atomic E-state index is 0.448. The number of allylic oxidation sites excluding steroid dienone is 4. The SMILES string of the molecule is C=CCCC/C=C\C/C=C\C[C@@H]1O[C@@H]1C[C@@H]1O[C@@H]1CCCCC. The summed E-state index contributed by atoms with van der Waals surface area (Å²) in [7, 11) is 0. The van der Waals surface area contributed by atoms with Crippen molar-refractivity contribution in [2.24, 2.45) is 0 Å². The fourth-order valence-corrected chi connectivity index (χ4v) is 3.06. The highest BCUT2D eigenvalue weighted by molar-refractivity contribution is 5.00. The topological polar surface area (TPSA) is 25.1 Å². The number of unbranched alkanes of at least 4 members (excludes halogenated alkanes) is 4. The zero-order chi connectivity index (χ0) is 16.3. The van der Waals surface area contributed by atoms with Crippen molar-refractivity contribution in [3.8, 4) is 0 Å². The second-order valence-electron chi connectivity index (χ2n) is 6.79. The molecule has 0 unspecified atom stereocenters. The van der Waals surface area contributed by atoms with E-state index in [4.69, 9.17) is 9.47 Å². The van der Waals surface area contributed by atoms with Crippen LogP contribution >= 0.6 is 0 Å². The zero-order valence-corrected chi connectivity index (χ0v) is 14.8. The molecular formula is C21H34O2. The summed E-state index contributed by atoms with van der Waals surface area (Å²) in [5, 5.41) is 0. The number of ether oxygens (including phenoxy) is 2. The van der Waals surface area contributed by atoms with E-state index in [2.05, 4.69) is 37.8 Å². The summed E-state index contributed by atoms with van der Waals surface area (Å²) < 4.78 is 11.5. The van der Waals surface area contributed by atoms with Crippen LogP contribution in [0.15, 0.2) is 37.0 Å². The number of rotatable bonds is 14. The number of epoxide rings is 2. The first-order valence-corrected chi connectivity index (χ1v) is 9.57. The van der Waals surface area contributed by atoms with E-state index in [-0.39, 0.29) is 0 Å². The molecule has 0 N–H and O–H groups in total. The van der Waals surface area contributed by atoms with Gasteiger partial charge in [-0.15, -0.1) is 6.58 Å². The van der Waals surface area contributed by atoms with Crippen molar-refractivity contribution in [3.05, 3.63) is 37.0 Å². The quantitative estimate of drug-likeness (QED) is 0.232. The van der Waals surface area contributed by atoms with Crippen LogP contribution in [-0.2, 0) is 9.47 Å². The van der Waals surface area contributed by atoms with E-state index in [1.54, 1.807) is 0 Å². The van der Waals surface area contributed by atoms with Crippen LogP contribution in [0, 0.1) is 0 Å². The molecule has 4 atom stereocenters. The molecule has 2 nitrogen and oxygen atoms in total. The van der Waals surface area contributed by atoms with Crippen LogP contribution < -0.4 is 0 Å². The van der Waals surface area contributed by atoms with Crippen LogP contribution in [0.2, 0.25) is 0 Å². The van der Waals surface area contributed by atoms with Gasteiger partial charge in [-0.2, -0.15) is 0 Å². The van der Waals surface area contributed by atoms with Crippen molar-refractivity contribution < 1.29 is 9.47 Å². The summed E-state index contributed by atoms with van der Waals surface area (Å²) in [5.74, 6) is 0. The summed E-state index contributed by atoms with van der Waals surface area (Å²) in [6.07, 6.45) is 24.8. The third-order valence-corrected chi connectivity index (χ3v) is 4.69. The average molecular weight is 319 g/mol. The van der Waals surface area contributed by atoms with Gasteiger partial charge in [-0.25, -0.2) is 0 Å². The van der Waals surface area contributed by atoms with Crippen molar-refractivity contribution in [1.29, 1.82) is 0 Å². The lowest BCUT2D eigenvalue weighted by atomic mass is 10.1. The van der Waals surface area contributed by atoms with Crippen molar-refractivity contribution in [1.82, 2.24) is 0 Å². The molecule has 0 radical (unpaired) electrons. The Kier molecular flexibility index (Phi) is 8.70. The van der Waals surface area contributed by atoms with Gasteiger partial charge in [-0.3, -0.25) is 0 Å². The van der Waals surface area contributed by atoms with Gasteiger partial charge in [-0.05, 0) is 38.5 Å². The van der Waals surface area contributed by atoms with Gasteiger partial charge in [0.25, 0.3) is 0 Å². The Morgan fingerprint density at radius 3 is 2.43 bits per heavy atom. The van der Waals surface area contributed by atoms with E-state index in [1.807, 2.05) is 6.08 Å². The minimum Gasteiger partial charge on any atom is -0.369 e. The maximum Gasteiger partial charge on any atom is 0.0877 e. The molecule has 0 spiro atoms. The molecule has 0 aromatic rings. The Bertz CT molecular complexity index is 385. The highest BCUT2D eigenvalue weighted by atomic mass is 16.6. The van der Waals surface area contributed by atoms with Crippen LogP contribution in [0.3, 0.4) is 0 Å². The lowest BCUT2D eigenvalue weighted by Crippen LogP contribution is -2.01. The summed E-state index contributed by atoms with van der Waals surface area (Å²) in [6, 6.07) is 0. The fourth-order valence-electron chi connectivity index (χ4n) is 3.06. The summed E-state index contributed by atoms with van der Waals surface area (Å²) in [5.41, 5.74) is 0. The molecule has 0 aromatic carbocycles. The van der Waals surface area contributed by atoms with Gasteiger partial charge in [0.05, 0.1) is 24.4 Å². The predicted molar refractivity (Wildman–Crippen MR) is 97.6 cm³/mol. The van der Waals surface area contributed by atoms with Gasteiger partial charge in [-0.1, -0.05) is 56.6 Å². The molecule has 2 heterocycles. The second-order valence-corrected chi connectivity index (χ2v) is 6.79. The zero-order valence-electron chi connectivity index (χ0n) is 14.8. The van der Waals surface area contributed by atoms with Crippen molar-refractivity contribution >= 4 is 0 Å². The van der Waals surface area contributed by atoms with Gasteiger partial charge in [0.2, 0.25) is 0 Å². The predicted octanol–water partition coefficient (Wildman–Crippen LogP) is 5.74. The molecule has 130 valence electrons. The first-order chi connectivity index (χ1) is 11.3. The average Bonchev–Trinajstić information content (AvgIpc) is 3.46. The number of hydrogen-bond acceptors (Lipinski definition) is 2. The highest BCUT2D eigenvalue weighted by Crippen LogP contribution is 2.38. The molecule has 0 amide bonds. The van der Waals surface area contributed by atoms with E-state index in [0.717, 1.165) is 32.1 Å². The first kappa shape index (κ1) is 18.5. The van der Waals surface area contributed by atoms with Gasteiger partial charge in [0.15, 0.2) is 0 Å². The molecule has 0 aromatic heterocycles. The van der Waals surface area contributed by atoms with Gasteiger partial charge in [0.1, 0.15) is 0 Å². The molecule has 2 fully saturated rings. The van der Waals surface area contributed by atoms with Gasteiger partial charge < -0.3 is 9.47 Å². The standard InChI is InChI=1S/C21H34O2/c1-3-5-7-8-9-10-11-12-14-16-19-21(23-19)17-20-18(22-20)15-13-6-4-2/h3,9-10,12,14,18-21H,1,4-8,11,13,15-17H2,2H3/b10-9-,14-12-/t18-,19+,20+,21-/m1/s1. The van der Waals surface area contributed by atoms with E-state index in [9.17, 15) is 0 Å². The smallest absolute Gasteiger partial charge is 0.0877 e. The van der Waals surface area contributed by atoms with Crippen molar-refractivity contribution in [3.63, 3.8) is 0 Å². The normalized spacial score (nSPS) is 29.4. The van der Waals surface area contributed by atoms with E-state index in [1.165, 1.54) is 32.1 Å². The molecule has 23 heavy (non-hydrogen) atoms. The van der Waals surface area contributed by atoms with Crippen LogP contribution in [0.1, 0.15) is 71.1 Å². The minimum absolute atomic E-state index is 0.448. The van der Waals surface area contributed by atoms with Crippen molar-refractivity contribution in [2.45, 2.75) is 95.5 Å². The van der Waals surface area contributed by atoms with E-state index < -0.39 is 0 Å². The van der Waals surface area contributed by atoms with Crippen LogP contribution in [0.5, 0.6) is 0 Å². The van der Waals surface area contributed by atoms with Crippen molar-refractivity contribution in [2.75, 3.05) is 0 Å². The number of hydrogen-bond donors (Lipinski definition) is 0. The summed E-state index contributed by atoms with van der Waals surface area (Å²) >= 11 is 0. The van der Waals surface area contributed by atoms with Crippen LogP contribution in [0.4, 0.5) is 0 Å². The summed E-state index contributed by atoms with van der Waals surface area (Å²) in [4.78, 5) is 0. The lowest BCUT2D eigenvalue weighted by molar-refractivity contribution is 0.321. The van der Waals surface area contributed by atoms with Gasteiger partial charge >= 0.3 is 0 Å². The van der Waals surface area contributed by atoms with Crippen LogP contribution in [-0.4, -0.2) is 24.4 Å². The Balaban J connectivity index is 1.42. The maximum absolute atomic E-state index is 5.76. The van der Waals surface area contributed by atoms with E-state index >= 15 is 0 Å². The Labute approximate surface area is 142 Å². The largest absolute Gasteiger partial charge is 0.369 e. The maximum atomic E-state index is 5.76. The first-order valence-electron chi connectivity index (χ1n) is 9.57.